The summed E-state index contributed by atoms with van der Waals surface area (Å²) < 4.78 is 29.8. The summed E-state index contributed by atoms with van der Waals surface area (Å²) >= 11 is 6.59. The molecule has 9 heteroatoms. The molecule has 0 aliphatic heterocycles. The van der Waals surface area contributed by atoms with E-state index in [-0.39, 0.29) is 29.8 Å². The lowest BCUT2D eigenvalue weighted by molar-refractivity contribution is -0.140. The first-order chi connectivity index (χ1) is 22.0. The van der Waals surface area contributed by atoms with E-state index in [0.717, 1.165) is 16.7 Å². The van der Waals surface area contributed by atoms with E-state index < -0.39 is 28.5 Å². The van der Waals surface area contributed by atoms with Gasteiger partial charge in [-0.1, -0.05) is 110 Å². The van der Waals surface area contributed by atoms with Crippen LogP contribution in [0.25, 0.3) is 0 Å². The fourth-order valence-corrected chi connectivity index (χ4v) is 6.86. The monoisotopic (exact) mass is 659 g/mol. The fraction of sp³-hybridized carbons (Fsp3) is 0.297. The third-order valence-corrected chi connectivity index (χ3v) is 10.2. The van der Waals surface area contributed by atoms with Gasteiger partial charge in [-0.3, -0.25) is 13.9 Å². The predicted molar refractivity (Wildman–Crippen MR) is 185 cm³/mol. The molecule has 1 N–H and O–H groups in total. The van der Waals surface area contributed by atoms with Crippen LogP contribution in [0.1, 0.15) is 49.4 Å². The highest BCUT2D eigenvalue weighted by atomic mass is 35.5. The van der Waals surface area contributed by atoms with Crippen LogP contribution in [0.15, 0.2) is 108 Å². The molecule has 0 spiro atoms. The number of rotatable bonds is 14. The van der Waals surface area contributed by atoms with E-state index in [9.17, 15) is 18.0 Å². The van der Waals surface area contributed by atoms with Crippen LogP contribution in [0.3, 0.4) is 0 Å². The van der Waals surface area contributed by atoms with Crippen molar-refractivity contribution in [2.75, 3.05) is 10.8 Å². The first-order valence-corrected chi connectivity index (χ1v) is 17.4. The molecule has 0 bridgehead atoms. The van der Waals surface area contributed by atoms with E-state index >= 15 is 0 Å². The van der Waals surface area contributed by atoms with Gasteiger partial charge in [-0.15, -0.1) is 0 Å². The lowest BCUT2D eigenvalue weighted by Crippen LogP contribution is -2.54. The standard InChI is InChI=1S/C37H42ClN3O4S/c1-5-28(4)39-37(43)35(24-29-14-8-7-9-15-29)40(25-31-17-10-12-18-33(31)38)36(42)26-41(34-19-13-11-16-30(34)6-2)46(44,45)32-22-20-27(3)21-23-32/h7-23,28,35H,5-6,24-26H2,1-4H3,(H,39,43)/t28-,35-/m0/s1. The molecule has 4 aromatic carbocycles. The van der Waals surface area contributed by atoms with Gasteiger partial charge in [-0.2, -0.15) is 0 Å². The van der Waals surface area contributed by atoms with Gasteiger partial charge in [0.25, 0.3) is 10.0 Å². The van der Waals surface area contributed by atoms with Crippen LogP contribution < -0.4 is 9.62 Å². The van der Waals surface area contributed by atoms with Crippen LogP contribution >= 0.6 is 11.6 Å². The molecule has 242 valence electrons. The molecule has 0 heterocycles. The normalized spacial score (nSPS) is 12.6. The lowest BCUT2D eigenvalue weighted by atomic mass is 10.0. The number of halogens is 1. The van der Waals surface area contributed by atoms with Gasteiger partial charge in [0.15, 0.2) is 0 Å². The number of carbonyl (C=O) groups is 2. The average Bonchev–Trinajstić information content (AvgIpc) is 3.06. The average molecular weight is 660 g/mol. The summed E-state index contributed by atoms with van der Waals surface area (Å²) in [7, 11) is -4.18. The Hall–Kier alpha value is -4.14. The SMILES string of the molecule is CCc1ccccc1N(CC(=O)N(Cc1ccccc1Cl)[C@@H](Cc1ccccc1)C(=O)N[C@@H](C)CC)S(=O)(=O)c1ccc(C)cc1. The van der Waals surface area contributed by atoms with Gasteiger partial charge in [0.05, 0.1) is 10.6 Å². The minimum atomic E-state index is -4.18. The summed E-state index contributed by atoms with van der Waals surface area (Å²) in [5, 5.41) is 3.50. The Kier molecular flexibility index (Phi) is 12.0. The van der Waals surface area contributed by atoms with Crippen molar-refractivity contribution in [1.29, 1.82) is 0 Å². The summed E-state index contributed by atoms with van der Waals surface area (Å²) in [4.78, 5) is 30.2. The highest BCUT2D eigenvalue weighted by molar-refractivity contribution is 7.92. The number of aryl methyl sites for hydroxylation is 2. The van der Waals surface area contributed by atoms with Crippen molar-refractivity contribution in [2.24, 2.45) is 0 Å². The number of para-hydroxylation sites is 1. The number of sulfonamides is 1. The number of amides is 2. The van der Waals surface area contributed by atoms with Crippen LogP contribution in [0.2, 0.25) is 5.02 Å². The number of carbonyl (C=O) groups excluding carboxylic acids is 2. The number of nitrogens with one attached hydrogen (secondary N) is 1. The molecule has 0 fully saturated rings. The Labute approximate surface area is 278 Å². The maximum Gasteiger partial charge on any atom is 0.264 e. The number of hydrogen-bond donors (Lipinski definition) is 1. The molecule has 4 rings (SSSR count). The largest absolute Gasteiger partial charge is 0.352 e. The Balaban J connectivity index is 1.84. The van der Waals surface area contributed by atoms with Crippen molar-refractivity contribution in [1.82, 2.24) is 10.2 Å². The van der Waals surface area contributed by atoms with Crippen LogP contribution in [0, 0.1) is 6.92 Å². The molecule has 0 saturated heterocycles. The van der Waals surface area contributed by atoms with Crippen molar-refractivity contribution in [2.45, 2.75) is 70.5 Å². The van der Waals surface area contributed by atoms with E-state index in [4.69, 9.17) is 11.6 Å². The molecule has 0 saturated carbocycles. The number of nitrogens with zero attached hydrogens (tertiary/aromatic N) is 2. The van der Waals surface area contributed by atoms with Crippen LogP contribution in [-0.4, -0.2) is 43.8 Å². The Morgan fingerprint density at radius 1 is 0.826 bits per heavy atom. The molecule has 0 aliphatic carbocycles. The second kappa shape index (κ2) is 15.9. The second-order valence-electron chi connectivity index (χ2n) is 11.4. The molecular formula is C37H42ClN3O4S. The van der Waals surface area contributed by atoms with Gasteiger partial charge < -0.3 is 10.2 Å². The third-order valence-electron chi connectivity index (χ3n) is 8.10. The summed E-state index contributed by atoms with van der Waals surface area (Å²) in [5.74, 6) is -0.845. The van der Waals surface area contributed by atoms with Crippen LogP contribution in [0.5, 0.6) is 0 Å². The number of anilines is 1. The first-order valence-electron chi connectivity index (χ1n) is 15.6. The van der Waals surface area contributed by atoms with Gasteiger partial charge >= 0.3 is 0 Å². The molecule has 2 amide bonds. The molecule has 0 aromatic heterocycles. The van der Waals surface area contributed by atoms with E-state index in [1.807, 2.05) is 82.3 Å². The topological polar surface area (TPSA) is 86.8 Å². The molecule has 0 unspecified atom stereocenters. The number of benzene rings is 4. The van der Waals surface area contributed by atoms with Crippen molar-refractivity contribution in [3.8, 4) is 0 Å². The Morgan fingerprint density at radius 2 is 1.43 bits per heavy atom. The van der Waals surface area contributed by atoms with Gasteiger partial charge in [0.1, 0.15) is 12.6 Å². The highest BCUT2D eigenvalue weighted by Gasteiger charge is 2.35. The van der Waals surface area contributed by atoms with Gasteiger partial charge in [-0.25, -0.2) is 8.42 Å². The maximum absolute atomic E-state index is 14.7. The zero-order chi connectivity index (χ0) is 33.3. The van der Waals surface area contributed by atoms with Crippen molar-refractivity contribution in [3.05, 3.63) is 130 Å². The van der Waals surface area contributed by atoms with Crippen molar-refractivity contribution >= 4 is 39.1 Å². The Morgan fingerprint density at radius 3 is 2.07 bits per heavy atom. The van der Waals surface area contributed by atoms with Gasteiger partial charge in [-0.05, 0) is 67.6 Å². The fourth-order valence-electron chi connectivity index (χ4n) is 5.21. The second-order valence-corrected chi connectivity index (χ2v) is 13.7. The van der Waals surface area contributed by atoms with E-state index in [1.165, 1.54) is 9.21 Å². The maximum atomic E-state index is 14.7. The third kappa shape index (κ3) is 8.56. The molecule has 2 atom stereocenters. The molecule has 0 radical (unpaired) electrons. The first kappa shape index (κ1) is 34.7. The van der Waals surface area contributed by atoms with Crippen molar-refractivity contribution < 1.29 is 18.0 Å². The minimum absolute atomic E-state index is 0.0117. The molecule has 0 aliphatic rings. The van der Waals surface area contributed by atoms with Crippen LogP contribution in [-0.2, 0) is 39.0 Å². The van der Waals surface area contributed by atoms with E-state index in [1.54, 1.807) is 48.5 Å². The van der Waals surface area contributed by atoms with Gasteiger partial charge in [0, 0.05) is 24.0 Å². The highest BCUT2D eigenvalue weighted by Crippen LogP contribution is 2.29. The lowest BCUT2D eigenvalue weighted by Gasteiger charge is -2.35. The van der Waals surface area contributed by atoms with Crippen molar-refractivity contribution in [3.63, 3.8) is 0 Å². The minimum Gasteiger partial charge on any atom is -0.352 e. The smallest absolute Gasteiger partial charge is 0.264 e. The zero-order valence-corrected chi connectivity index (χ0v) is 28.4. The van der Waals surface area contributed by atoms with E-state index in [2.05, 4.69) is 5.32 Å². The molecular weight excluding hydrogens is 618 g/mol. The van der Waals surface area contributed by atoms with Crippen LogP contribution in [0.4, 0.5) is 5.69 Å². The molecule has 46 heavy (non-hydrogen) atoms. The van der Waals surface area contributed by atoms with Gasteiger partial charge in [0.2, 0.25) is 11.8 Å². The summed E-state index contributed by atoms with van der Waals surface area (Å²) in [6.45, 7) is 7.21. The summed E-state index contributed by atoms with van der Waals surface area (Å²) in [6, 6.07) is 29.3. The quantitative estimate of drug-likeness (QED) is 0.159. The van der Waals surface area contributed by atoms with E-state index in [0.29, 0.717) is 29.1 Å². The molecule has 7 nitrogen and oxygen atoms in total. The zero-order valence-electron chi connectivity index (χ0n) is 26.8. The summed E-state index contributed by atoms with van der Waals surface area (Å²) in [5.41, 5.74) is 3.62. The number of hydrogen-bond acceptors (Lipinski definition) is 4. The molecule has 4 aromatic rings. The predicted octanol–water partition coefficient (Wildman–Crippen LogP) is 6.96. The Bertz CT molecular complexity index is 1730. The summed E-state index contributed by atoms with van der Waals surface area (Å²) in [6.07, 6.45) is 1.50.